The predicted octanol–water partition coefficient (Wildman–Crippen LogP) is 4.19. The third-order valence-corrected chi connectivity index (χ3v) is 5.36. The number of benzene rings is 1. The number of anilines is 1. The Morgan fingerprint density at radius 3 is 2.65 bits per heavy atom. The van der Waals surface area contributed by atoms with Crippen LogP contribution in [0.5, 0.6) is 0 Å². The van der Waals surface area contributed by atoms with Gasteiger partial charge in [-0.1, -0.05) is 38.1 Å². The number of fused-ring (bicyclic) bond motifs is 1. The van der Waals surface area contributed by atoms with Crippen LogP contribution in [0.1, 0.15) is 24.3 Å². The highest BCUT2D eigenvalue weighted by Crippen LogP contribution is 2.46. The van der Waals surface area contributed by atoms with E-state index in [4.69, 9.17) is 4.74 Å². The summed E-state index contributed by atoms with van der Waals surface area (Å²) in [5, 5.41) is 1.93. The van der Waals surface area contributed by atoms with Crippen LogP contribution < -0.4 is 4.90 Å². The summed E-state index contributed by atoms with van der Waals surface area (Å²) in [6, 6.07) is 11.9. The summed E-state index contributed by atoms with van der Waals surface area (Å²) in [5.41, 5.74) is 2.89. The highest BCUT2D eigenvalue weighted by molar-refractivity contribution is 7.10. The van der Waals surface area contributed by atoms with Crippen molar-refractivity contribution in [2.45, 2.75) is 19.3 Å². The molecule has 1 aromatic heterocycles. The Bertz CT molecular complexity index is 878. The fourth-order valence-electron chi connectivity index (χ4n) is 3.18. The SMILES string of the molecule is CN1C(=CC(=O)COC(=O)/C=C/c2cccs2)C(C)(C)c2ccccc21. The summed E-state index contributed by atoms with van der Waals surface area (Å²) in [6.07, 6.45) is 4.60. The lowest BCUT2D eigenvalue weighted by Crippen LogP contribution is -2.25. The maximum absolute atomic E-state index is 12.3. The van der Waals surface area contributed by atoms with Crippen LogP contribution in [0.15, 0.2) is 59.6 Å². The Kier molecular flexibility index (Phi) is 5.09. The number of esters is 1. The van der Waals surface area contributed by atoms with Gasteiger partial charge < -0.3 is 9.64 Å². The average molecular weight is 367 g/mol. The van der Waals surface area contributed by atoms with Gasteiger partial charge in [0.25, 0.3) is 0 Å². The van der Waals surface area contributed by atoms with Crippen LogP contribution in [0.2, 0.25) is 0 Å². The van der Waals surface area contributed by atoms with Crippen molar-refractivity contribution in [2.24, 2.45) is 0 Å². The van der Waals surface area contributed by atoms with E-state index >= 15 is 0 Å². The van der Waals surface area contributed by atoms with E-state index in [9.17, 15) is 9.59 Å². The quantitative estimate of drug-likeness (QED) is 0.587. The van der Waals surface area contributed by atoms with Gasteiger partial charge >= 0.3 is 5.97 Å². The van der Waals surface area contributed by atoms with Gasteiger partial charge in [-0.05, 0) is 29.2 Å². The second-order valence-corrected chi connectivity index (χ2v) is 7.63. The van der Waals surface area contributed by atoms with E-state index < -0.39 is 5.97 Å². The first-order chi connectivity index (χ1) is 12.4. The number of rotatable bonds is 5. The van der Waals surface area contributed by atoms with Gasteiger partial charge in [-0.3, -0.25) is 4.79 Å². The summed E-state index contributed by atoms with van der Waals surface area (Å²) in [4.78, 5) is 27.1. The molecule has 5 heteroatoms. The zero-order chi connectivity index (χ0) is 18.7. The molecule has 0 saturated carbocycles. The number of ether oxygens (including phenoxy) is 1. The van der Waals surface area contributed by atoms with Gasteiger partial charge in [-0.25, -0.2) is 4.79 Å². The Labute approximate surface area is 157 Å². The van der Waals surface area contributed by atoms with Crippen LogP contribution in [0.4, 0.5) is 5.69 Å². The molecule has 0 aliphatic carbocycles. The number of hydrogen-bond donors (Lipinski definition) is 0. The standard InChI is InChI=1S/C21H21NO3S/c1-21(2)17-8-4-5-9-18(17)22(3)19(21)13-15(23)14-25-20(24)11-10-16-7-6-12-26-16/h4-13H,14H2,1-3H3/b11-10+,19-13?. The number of para-hydroxylation sites is 1. The number of likely N-dealkylation sites (N-methyl/N-ethyl adjacent to an activating group) is 1. The lowest BCUT2D eigenvalue weighted by atomic mass is 9.83. The van der Waals surface area contributed by atoms with Gasteiger partial charge in [-0.2, -0.15) is 0 Å². The summed E-state index contributed by atoms with van der Waals surface area (Å²) >= 11 is 1.53. The molecule has 3 rings (SSSR count). The van der Waals surface area contributed by atoms with Crippen molar-refractivity contribution in [3.63, 3.8) is 0 Å². The zero-order valence-electron chi connectivity index (χ0n) is 15.1. The highest BCUT2D eigenvalue weighted by atomic mass is 32.1. The summed E-state index contributed by atoms with van der Waals surface area (Å²) < 4.78 is 5.06. The van der Waals surface area contributed by atoms with Crippen LogP contribution in [0.25, 0.3) is 6.08 Å². The van der Waals surface area contributed by atoms with Gasteiger partial charge in [0.2, 0.25) is 0 Å². The average Bonchev–Trinajstić information content (AvgIpc) is 3.21. The van der Waals surface area contributed by atoms with Crippen molar-refractivity contribution >= 4 is 34.9 Å². The van der Waals surface area contributed by atoms with Gasteiger partial charge in [0.1, 0.15) is 0 Å². The van der Waals surface area contributed by atoms with Crippen LogP contribution >= 0.6 is 11.3 Å². The van der Waals surface area contributed by atoms with E-state index in [1.807, 2.05) is 47.7 Å². The van der Waals surface area contributed by atoms with Gasteiger partial charge in [0.15, 0.2) is 12.4 Å². The maximum Gasteiger partial charge on any atom is 0.331 e. The van der Waals surface area contributed by atoms with E-state index in [2.05, 4.69) is 19.9 Å². The largest absolute Gasteiger partial charge is 0.454 e. The van der Waals surface area contributed by atoms with Gasteiger partial charge in [0.05, 0.1) is 0 Å². The molecule has 0 radical (unpaired) electrons. The van der Waals surface area contributed by atoms with Crippen LogP contribution in [-0.2, 0) is 19.7 Å². The summed E-state index contributed by atoms with van der Waals surface area (Å²) in [5.74, 6) is -0.752. The first kappa shape index (κ1) is 18.1. The number of nitrogens with zero attached hydrogens (tertiary/aromatic N) is 1. The van der Waals surface area contributed by atoms with Crippen LogP contribution in [0.3, 0.4) is 0 Å². The lowest BCUT2D eigenvalue weighted by molar-refractivity contribution is -0.141. The fraction of sp³-hybridized carbons (Fsp3) is 0.238. The lowest BCUT2D eigenvalue weighted by Gasteiger charge is -2.23. The molecular weight excluding hydrogens is 346 g/mol. The fourth-order valence-corrected chi connectivity index (χ4v) is 3.80. The Balaban J connectivity index is 1.65. The van der Waals surface area contributed by atoms with Crippen LogP contribution in [-0.4, -0.2) is 25.4 Å². The van der Waals surface area contributed by atoms with E-state index in [1.165, 1.54) is 23.0 Å². The molecule has 1 aliphatic heterocycles. The number of allylic oxidation sites excluding steroid dienone is 1. The molecule has 2 heterocycles. The smallest absolute Gasteiger partial charge is 0.331 e. The molecule has 26 heavy (non-hydrogen) atoms. The molecule has 0 saturated heterocycles. The molecule has 2 aromatic rings. The van der Waals surface area contributed by atoms with Crippen molar-refractivity contribution in [3.8, 4) is 0 Å². The minimum atomic E-state index is -0.521. The molecule has 0 N–H and O–H groups in total. The Morgan fingerprint density at radius 1 is 1.19 bits per heavy atom. The second-order valence-electron chi connectivity index (χ2n) is 6.65. The molecule has 0 amide bonds. The van der Waals surface area contributed by atoms with Gasteiger partial charge in [0, 0.05) is 40.9 Å². The highest BCUT2D eigenvalue weighted by Gasteiger charge is 2.38. The molecule has 0 unspecified atom stereocenters. The molecule has 0 fully saturated rings. The number of hydrogen-bond acceptors (Lipinski definition) is 5. The second kappa shape index (κ2) is 7.30. The number of carbonyl (C=O) groups is 2. The predicted molar refractivity (Wildman–Crippen MR) is 105 cm³/mol. The third-order valence-electron chi connectivity index (χ3n) is 4.52. The maximum atomic E-state index is 12.3. The third kappa shape index (κ3) is 3.63. The molecular formula is C21H21NO3S. The molecule has 1 aliphatic rings. The van der Waals surface area contributed by atoms with E-state index in [-0.39, 0.29) is 17.8 Å². The van der Waals surface area contributed by atoms with E-state index in [1.54, 1.807) is 12.2 Å². The van der Waals surface area contributed by atoms with Crippen LogP contribution in [0, 0.1) is 0 Å². The molecule has 0 bridgehead atoms. The molecule has 0 atom stereocenters. The first-order valence-electron chi connectivity index (χ1n) is 8.36. The summed E-state index contributed by atoms with van der Waals surface area (Å²) in [7, 11) is 1.95. The number of ketones is 1. The zero-order valence-corrected chi connectivity index (χ0v) is 15.9. The molecule has 1 aromatic carbocycles. The number of carbonyl (C=O) groups excluding carboxylic acids is 2. The van der Waals surface area contributed by atoms with E-state index in [0.29, 0.717) is 0 Å². The molecule has 134 valence electrons. The normalized spacial score (nSPS) is 16.9. The molecule has 0 spiro atoms. The monoisotopic (exact) mass is 367 g/mol. The van der Waals surface area contributed by atoms with Crippen molar-refractivity contribution in [3.05, 3.63) is 70.1 Å². The Morgan fingerprint density at radius 2 is 1.96 bits per heavy atom. The molecule has 4 nitrogen and oxygen atoms in total. The van der Waals surface area contributed by atoms with Crippen molar-refractivity contribution < 1.29 is 14.3 Å². The minimum absolute atomic E-state index is 0.231. The van der Waals surface area contributed by atoms with E-state index in [0.717, 1.165) is 16.3 Å². The summed E-state index contributed by atoms with van der Waals surface area (Å²) in [6.45, 7) is 3.91. The Hall–Kier alpha value is -2.66. The first-order valence-corrected chi connectivity index (χ1v) is 9.24. The van der Waals surface area contributed by atoms with Crippen molar-refractivity contribution in [1.82, 2.24) is 0 Å². The van der Waals surface area contributed by atoms with Crippen molar-refractivity contribution in [2.75, 3.05) is 18.6 Å². The van der Waals surface area contributed by atoms with Gasteiger partial charge in [-0.15, -0.1) is 11.3 Å². The topological polar surface area (TPSA) is 46.6 Å². The number of thiophene rings is 1. The minimum Gasteiger partial charge on any atom is -0.454 e. The van der Waals surface area contributed by atoms with Crippen molar-refractivity contribution in [1.29, 1.82) is 0 Å².